The molecule has 0 aromatic heterocycles. The molecule has 0 fully saturated rings. The van der Waals surface area contributed by atoms with Crippen molar-refractivity contribution in [2.45, 2.75) is 123 Å². The Bertz CT molecular complexity index is 1000. The number of unbranched alkanes of at least 4 members (excludes halogenated alkanes) is 6. The number of amides is 1. The molecule has 0 saturated carbocycles. The summed E-state index contributed by atoms with van der Waals surface area (Å²) >= 11 is 0. The summed E-state index contributed by atoms with van der Waals surface area (Å²) in [6, 6.07) is 0. The molecule has 2 atom stereocenters. The van der Waals surface area contributed by atoms with Crippen molar-refractivity contribution in [3.63, 3.8) is 0 Å². The predicted molar refractivity (Wildman–Crippen MR) is 192 cm³/mol. The summed E-state index contributed by atoms with van der Waals surface area (Å²) < 4.78 is 26.4. The Morgan fingerprint density at radius 3 is 1.79 bits per heavy atom. The predicted octanol–water partition coefficient (Wildman–Crippen LogP) is 8.76. The number of aliphatic hydroxyl groups excluding tert-OH is 1. The summed E-state index contributed by atoms with van der Waals surface area (Å²) in [7, 11) is -4.40. The minimum atomic E-state index is -4.40. The molecule has 0 bridgehead atoms. The molecular formula is C37H62NO8P. The van der Waals surface area contributed by atoms with Gasteiger partial charge in [0.2, 0.25) is 5.91 Å². The minimum absolute atomic E-state index is 0.0629. The molecule has 10 heteroatoms. The Hall–Kier alpha value is -2.55. The van der Waals surface area contributed by atoms with E-state index < -0.39 is 26.5 Å². The first-order chi connectivity index (χ1) is 22.8. The van der Waals surface area contributed by atoms with Crippen LogP contribution in [-0.2, 0) is 27.9 Å². The number of hydrogen-bond donors (Lipinski definition) is 3. The van der Waals surface area contributed by atoms with Crippen molar-refractivity contribution in [2.24, 2.45) is 0 Å². The van der Waals surface area contributed by atoms with Crippen LogP contribution in [0.25, 0.3) is 0 Å². The van der Waals surface area contributed by atoms with Crippen LogP contribution in [0, 0.1) is 0 Å². The molecule has 0 radical (unpaired) electrons. The fourth-order valence-electron chi connectivity index (χ4n) is 4.03. The quantitative estimate of drug-likeness (QED) is 0.0287. The number of nitrogens with one attached hydrogen (secondary N) is 1. The first-order valence-corrected chi connectivity index (χ1v) is 18.9. The third-order valence-corrected chi connectivity index (χ3v) is 7.64. The normalized spacial score (nSPS) is 14.4. The molecule has 0 aliphatic carbocycles. The van der Waals surface area contributed by atoms with Gasteiger partial charge in [0.1, 0.15) is 12.7 Å². The van der Waals surface area contributed by atoms with E-state index in [1.807, 2.05) is 6.92 Å². The van der Waals surface area contributed by atoms with Crippen molar-refractivity contribution in [2.75, 3.05) is 26.4 Å². The minimum Gasteiger partial charge on any atom is -0.463 e. The van der Waals surface area contributed by atoms with Gasteiger partial charge in [0.15, 0.2) is 0 Å². The van der Waals surface area contributed by atoms with Gasteiger partial charge in [0.25, 0.3) is 0 Å². The van der Waals surface area contributed by atoms with Gasteiger partial charge in [-0.3, -0.25) is 18.6 Å². The Labute approximate surface area is 284 Å². The smallest absolute Gasteiger partial charge is 0.463 e. The monoisotopic (exact) mass is 679 g/mol. The number of allylic oxidation sites excluding steroid dienone is 12. The number of carbonyl (C=O) groups is 2. The van der Waals surface area contributed by atoms with Gasteiger partial charge < -0.3 is 20.1 Å². The number of esters is 1. The van der Waals surface area contributed by atoms with Gasteiger partial charge in [-0.25, -0.2) is 4.57 Å². The standard InChI is InChI=1S/C37H62NO8P/c1-3-5-7-8-9-10-11-12-13-14-15-16-17-18-19-20-21-22-23-24-25-26-28-29-36(40)38-31-32-45-47(42,43)46-34-35(39)33-44-37(41)30-27-6-4-2/h5,7,9-10,12-13,15-16,18-19,21-22,35,39H,3-4,6,8,11,14,17,20,23-34H2,1-2H3,(H,38,40)(H,42,43)/b7-5-,10-9-,13-12-,16-15-,19-18-,22-21-. The Kier molecular flexibility index (Phi) is 31.5. The molecular weight excluding hydrogens is 617 g/mol. The zero-order valence-electron chi connectivity index (χ0n) is 28.9. The van der Waals surface area contributed by atoms with Gasteiger partial charge >= 0.3 is 13.8 Å². The summed E-state index contributed by atoms with van der Waals surface area (Å²) in [5.74, 6) is -0.576. The highest BCUT2D eigenvalue weighted by Gasteiger charge is 2.23. The maximum atomic E-state index is 12.0. The molecule has 1 amide bonds. The van der Waals surface area contributed by atoms with Crippen molar-refractivity contribution >= 4 is 19.7 Å². The number of phosphoric ester groups is 1. The lowest BCUT2D eigenvalue weighted by Crippen LogP contribution is -2.27. The van der Waals surface area contributed by atoms with E-state index in [2.05, 4.69) is 85.2 Å². The lowest BCUT2D eigenvalue weighted by Gasteiger charge is -2.15. The van der Waals surface area contributed by atoms with E-state index in [1.54, 1.807) is 0 Å². The molecule has 2 unspecified atom stereocenters. The van der Waals surface area contributed by atoms with E-state index in [9.17, 15) is 24.2 Å². The third kappa shape index (κ3) is 34.6. The lowest BCUT2D eigenvalue weighted by atomic mass is 10.1. The van der Waals surface area contributed by atoms with Crippen LogP contribution in [0.1, 0.15) is 117 Å². The van der Waals surface area contributed by atoms with Gasteiger partial charge in [-0.05, 0) is 64.2 Å². The number of ether oxygens (including phenoxy) is 1. The molecule has 0 aromatic rings. The van der Waals surface area contributed by atoms with E-state index >= 15 is 0 Å². The topological polar surface area (TPSA) is 131 Å². The first-order valence-electron chi connectivity index (χ1n) is 17.4. The maximum Gasteiger partial charge on any atom is 0.472 e. The van der Waals surface area contributed by atoms with Crippen LogP contribution >= 0.6 is 7.82 Å². The van der Waals surface area contributed by atoms with Crippen LogP contribution in [0.2, 0.25) is 0 Å². The Morgan fingerprint density at radius 2 is 1.21 bits per heavy atom. The molecule has 0 rings (SSSR count). The summed E-state index contributed by atoms with van der Waals surface area (Å²) in [5.41, 5.74) is 0. The van der Waals surface area contributed by atoms with Crippen molar-refractivity contribution in [3.8, 4) is 0 Å². The van der Waals surface area contributed by atoms with E-state index in [4.69, 9.17) is 13.8 Å². The summed E-state index contributed by atoms with van der Waals surface area (Å²) in [6.45, 7) is 3.16. The zero-order chi connectivity index (χ0) is 34.7. The molecule has 268 valence electrons. The summed E-state index contributed by atoms with van der Waals surface area (Å²) in [4.78, 5) is 33.2. The van der Waals surface area contributed by atoms with Gasteiger partial charge in [0, 0.05) is 19.4 Å². The molecule has 0 heterocycles. The molecule has 0 saturated heterocycles. The molecule has 0 aromatic carbocycles. The van der Waals surface area contributed by atoms with Crippen molar-refractivity contribution in [1.29, 1.82) is 0 Å². The average Bonchev–Trinajstić information content (AvgIpc) is 3.05. The van der Waals surface area contributed by atoms with Crippen LogP contribution in [0.5, 0.6) is 0 Å². The molecule has 0 aliphatic heterocycles. The van der Waals surface area contributed by atoms with Gasteiger partial charge in [0.05, 0.1) is 13.2 Å². The van der Waals surface area contributed by atoms with E-state index in [0.717, 1.165) is 83.5 Å². The van der Waals surface area contributed by atoms with Crippen LogP contribution in [0.4, 0.5) is 0 Å². The number of carbonyl (C=O) groups excluding carboxylic acids is 2. The van der Waals surface area contributed by atoms with Crippen molar-refractivity contribution < 1.29 is 37.9 Å². The van der Waals surface area contributed by atoms with Crippen LogP contribution in [0.3, 0.4) is 0 Å². The van der Waals surface area contributed by atoms with Crippen molar-refractivity contribution in [3.05, 3.63) is 72.9 Å². The molecule has 0 spiro atoms. The zero-order valence-corrected chi connectivity index (χ0v) is 29.8. The number of phosphoric acid groups is 1. The highest BCUT2D eigenvalue weighted by Crippen LogP contribution is 2.42. The number of aliphatic hydroxyl groups is 1. The van der Waals surface area contributed by atoms with Gasteiger partial charge in [-0.2, -0.15) is 0 Å². The molecule has 3 N–H and O–H groups in total. The molecule has 47 heavy (non-hydrogen) atoms. The Balaban J connectivity index is 3.67. The first kappa shape index (κ1) is 44.5. The third-order valence-electron chi connectivity index (χ3n) is 6.65. The van der Waals surface area contributed by atoms with Gasteiger partial charge in [-0.1, -0.05) is 112 Å². The average molecular weight is 680 g/mol. The summed E-state index contributed by atoms with van der Waals surface area (Å²) in [5, 5.41) is 12.4. The fraction of sp³-hybridized carbons (Fsp3) is 0.622. The lowest BCUT2D eigenvalue weighted by molar-refractivity contribution is -0.147. The highest BCUT2D eigenvalue weighted by atomic mass is 31.2. The van der Waals surface area contributed by atoms with Crippen LogP contribution in [0.15, 0.2) is 72.9 Å². The SMILES string of the molecule is CC/C=C\C/C=C\C/C=C\C/C=C\C/C=C\C/C=C\CCCCCCC(=O)NCCOP(=O)(O)OCC(O)COC(=O)CCCCC. The molecule has 0 aliphatic rings. The van der Waals surface area contributed by atoms with Crippen molar-refractivity contribution in [1.82, 2.24) is 5.32 Å². The second kappa shape index (κ2) is 33.4. The number of rotatable bonds is 31. The fourth-order valence-corrected chi connectivity index (χ4v) is 4.78. The van der Waals surface area contributed by atoms with E-state index in [1.165, 1.54) is 0 Å². The summed E-state index contributed by atoms with van der Waals surface area (Å²) in [6.07, 6.45) is 39.2. The van der Waals surface area contributed by atoms with Crippen LogP contribution in [-0.4, -0.2) is 54.3 Å². The van der Waals surface area contributed by atoms with E-state index in [0.29, 0.717) is 12.8 Å². The van der Waals surface area contributed by atoms with E-state index in [-0.39, 0.29) is 32.1 Å². The second-order valence-corrected chi connectivity index (χ2v) is 12.6. The van der Waals surface area contributed by atoms with Crippen LogP contribution < -0.4 is 5.32 Å². The Morgan fingerprint density at radius 1 is 0.681 bits per heavy atom. The molecule has 9 nitrogen and oxygen atoms in total. The largest absolute Gasteiger partial charge is 0.472 e. The maximum absolute atomic E-state index is 12.0. The highest BCUT2D eigenvalue weighted by molar-refractivity contribution is 7.47. The van der Waals surface area contributed by atoms with Gasteiger partial charge in [-0.15, -0.1) is 0 Å². The second-order valence-electron chi connectivity index (χ2n) is 11.1. The number of hydrogen-bond acceptors (Lipinski definition) is 7.